The molecular formula is C15H12FN3O3. The van der Waals surface area contributed by atoms with Crippen LogP contribution in [0.3, 0.4) is 0 Å². The van der Waals surface area contributed by atoms with Gasteiger partial charge in [-0.25, -0.2) is 18.7 Å². The van der Waals surface area contributed by atoms with Crippen LogP contribution in [0, 0.1) is 5.82 Å². The summed E-state index contributed by atoms with van der Waals surface area (Å²) in [6.07, 6.45) is 2.90. The molecule has 0 saturated carbocycles. The van der Waals surface area contributed by atoms with Crippen LogP contribution in [0.4, 0.5) is 4.39 Å². The topological polar surface area (TPSA) is 65.7 Å². The number of methoxy groups -OCH3 is 2. The highest BCUT2D eigenvalue weighted by molar-refractivity contribution is 5.97. The zero-order chi connectivity index (χ0) is 15.7. The Bertz CT molecular complexity index is 860. The Morgan fingerprint density at radius 1 is 1.27 bits per heavy atom. The fourth-order valence-corrected chi connectivity index (χ4v) is 2.19. The molecule has 0 spiro atoms. The molecule has 0 N–H and O–H groups in total. The molecule has 0 atom stereocenters. The second-order valence-corrected chi connectivity index (χ2v) is 4.51. The van der Waals surface area contributed by atoms with Crippen molar-refractivity contribution in [2.45, 2.75) is 0 Å². The number of aromatic nitrogens is 3. The molecule has 7 heteroatoms. The van der Waals surface area contributed by atoms with Gasteiger partial charge >= 0.3 is 5.97 Å². The van der Waals surface area contributed by atoms with Gasteiger partial charge in [-0.2, -0.15) is 5.10 Å². The first-order valence-electron chi connectivity index (χ1n) is 6.39. The lowest BCUT2D eigenvalue weighted by atomic mass is 10.0. The molecule has 0 saturated heterocycles. The number of carbonyl (C=O) groups is 1. The van der Waals surface area contributed by atoms with Gasteiger partial charge in [-0.15, -0.1) is 0 Å². The Labute approximate surface area is 125 Å². The van der Waals surface area contributed by atoms with Crippen LogP contribution in [-0.2, 0) is 4.74 Å². The van der Waals surface area contributed by atoms with Crippen LogP contribution in [0.1, 0.15) is 10.4 Å². The summed E-state index contributed by atoms with van der Waals surface area (Å²) in [5.41, 5.74) is 1.32. The number of hydrogen-bond acceptors (Lipinski definition) is 5. The van der Waals surface area contributed by atoms with E-state index in [1.165, 1.54) is 43.3 Å². The lowest BCUT2D eigenvalue weighted by Gasteiger charge is -2.09. The molecule has 2 heterocycles. The number of rotatable bonds is 3. The van der Waals surface area contributed by atoms with Gasteiger partial charge in [-0.05, 0) is 24.3 Å². The van der Waals surface area contributed by atoms with Crippen LogP contribution in [0.25, 0.3) is 16.8 Å². The third kappa shape index (κ3) is 2.26. The van der Waals surface area contributed by atoms with Crippen LogP contribution < -0.4 is 4.74 Å². The second kappa shape index (κ2) is 5.44. The van der Waals surface area contributed by atoms with E-state index < -0.39 is 11.8 Å². The molecule has 0 fully saturated rings. The quantitative estimate of drug-likeness (QED) is 0.695. The van der Waals surface area contributed by atoms with Crippen LogP contribution in [0.5, 0.6) is 5.75 Å². The molecule has 2 aromatic heterocycles. The Kier molecular flexibility index (Phi) is 3.46. The third-order valence-electron chi connectivity index (χ3n) is 3.27. The maximum absolute atomic E-state index is 14.1. The standard InChI is InChI=1S/C15H12FN3O3/c1-21-10-3-4-13(16)11(6-10)9-5-12(15(20)22-2)14-17-8-18-19(14)7-9/h3-8H,1-2H3. The highest BCUT2D eigenvalue weighted by Gasteiger charge is 2.17. The summed E-state index contributed by atoms with van der Waals surface area (Å²) in [7, 11) is 2.77. The average molecular weight is 301 g/mol. The van der Waals surface area contributed by atoms with E-state index in [2.05, 4.69) is 10.1 Å². The molecule has 1 aromatic carbocycles. The summed E-state index contributed by atoms with van der Waals surface area (Å²) >= 11 is 0. The maximum Gasteiger partial charge on any atom is 0.341 e. The van der Waals surface area contributed by atoms with E-state index in [9.17, 15) is 9.18 Å². The molecule has 0 unspecified atom stereocenters. The third-order valence-corrected chi connectivity index (χ3v) is 3.27. The summed E-state index contributed by atoms with van der Waals surface area (Å²) in [5, 5.41) is 4.00. The smallest absolute Gasteiger partial charge is 0.341 e. The molecule has 3 aromatic rings. The number of pyridine rings is 1. The highest BCUT2D eigenvalue weighted by atomic mass is 19.1. The number of nitrogens with zero attached hydrogens (tertiary/aromatic N) is 3. The van der Waals surface area contributed by atoms with Crippen molar-refractivity contribution in [2.75, 3.05) is 14.2 Å². The van der Waals surface area contributed by atoms with Crippen molar-refractivity contribution in [2.24, 2.45) is 0 Å². The van der Waals surface area contributed by atoms with Crippen molar-refractivity contribution in [1.82, 2.24) is 14.6 Å². The highest BCUT2D eigenvalue weighted by Crippen LogP contribution is 2.28. The number of fused-ring (bicyclic) bond motifs is 1. The van der Waals surface area contributed by atoms with Gasteiger partial charge in [0, 0.05) is 17.3 Å². The number of esters is 1. The van der Waals surface area contributed by atoms with E-state index in [0.29, 0.717) is 22.5 Å². The number of hydrogen-bond donors (Lipinski definition) is 0. The molecule has 0 amide bonds. The normalized spacial score (nSPS) is 10.7. The molecule has 0 aliphatic heterocycles. The predicted octanol–water partition coefficient (Wildman–Crippen LogP) is 2.33. The Morgan fingerprint density at radius 3 is 2.82 bits per heavy atom. The first-order valence-corrected chi connectivity index (χ1v) is 6.39. The summed E-state index contributed by atoms with van der Waals surface area (Å²) in [6.45, 7) is 0. The number of carbonyl (C=O) groups excluding carboxylic acids is 1. The molecule has 0 aliphatic rings. The minimum absolute atomic E-state index is 0.208. The van der Waals surface area contributed by atoms with Gasteiger partial charge in [-0.1, -0.05) is 0 Å². The summed E-state index contributed by atoms with van der Waals surface area (Å²) in [5.74, 6) is -0.492. The second-order valence-electron chi connectivity index (χ2n) is 4.51. The zero-order valence-corrected chi connectivity index (χ0v) is 11.9. The first kappa shape index (κ1) is 14.0. The number of halogens is 1. The summed E-state index contributed by atoms with van der Waals surface area (Å²) in [4.78, 5) is 15.9. The fraction of sp³-hybridized carbons (Fsp3) is 0.133. The van der Waals surface area contributed by atoms with Gasteiger partial charge in [0.1, 0.15) is 23.5 Å². The predicted molar refractivity (Wildman–Crippen MR) is 76.3 cm³/mol. The van der Waals surface area contributed by atoms with Gasteiger partial charge in [0.15, 0.2) is 5.65 Å². The van der Waals surface area contributed by atoms with E-state index >= 15 is 0 Å². The van der Waals surface area contributed by atoms with E-state index in [1.807, 2.05) is 0 Å². The molecule has 0 aliphatic carbocycles. The van der Waals surface area contributed by atoms with Crippen LogP contribution in [0.2, 0.25) is 0 Å². The summed E-state index contributed by atoms with van der Waals surface area (Å²) < 4.78 is 25.4. The molecule has 0 bridgehead atoms. The van der Waals surface area contributed by atoms with E-state index in [-0.39, 0.29) is 5.56 Å². The molecule has 112 valence electrons. The minimum atomic E-state index is -0.567. The monoisotopic (exact) mass is 301 g/mol. The van der Waals surface area contributed by atoms with Crippen LogP contribution in [-0.4, -0.2) is 34.8 Å². The van der Waals surface area contributed by atoms with Crippen LogP contribution in [0.15, 0.2) is 36.8 Å². The molecule has 0 radical (unpaired) electrons. The van der Waals surface area contributed by atoms with Crippen molar-refractivity contribution in [3.63, 3.8) is 0 Å². The van der Waals surface area contributed by atoms with Gasteiger partial charge in [0.2, 0.25) is 0 Å². The SMILES string of the molecule is COC(=O)c1cc(-c2cc(OC)ccc2F)cn2ncnc12. The minimum Gasteiger partial charge on any atom is -0.497 e. The van der Waals surface area contributed by atoms with Gasteiger partial charge in [-0.3, -0.25) is 0 Å². The van der Waals surface area contributed by atoms with Gasteiger partial charge in [0.25, 0.3) is 0 Å². The lowest BCUT2D eigenvalue weighted by molar-refractivity contribution is 0.0602. The summed E-state index contributed by atoms with van der Waals surface area (Å²) in [6, 6.07) is 5.90. The zero-order valence-electron chi connectivity index (χ0n) is 11.9. The molecular weight excluding hydrogens is 289 g/mol. The molecule has 3 rings (SSSR count). The van der Waals surface area contributed by atoms with Gasteiger partial charge < -0.3 is 9.47 Å². The molecule has 6 nitrogen and oxygen atoms in total. The van der Waals surface area contributed by atoms with E-state index in [1.54, 1.807) is 12.3 Å². The number of benzene rings is 1. The van der Waals surface area contributed by atoms with Crippen molar-refractivity contribution >= 4 is 11.6 Å². The maximum atomic E-state index is 14.1. The Balaban J connectivity index is 2.25. The van der Waals surface area contributed by atoms with Gasteiger partial charge in [0.05, 0.1) is 14.2 Å². The van der Waals surface area contributed by atoms with Crippen molar-refractivity contribution in [3.05, 3.63) is 48.2 Å². The first-order chi connectivity index (χ1) is 10.6. The van der Waals surface area contributed by atoms with Crippen molar-refractivity contribution in [1.29, 1.82) is 0 Å². The van der Waals surface area contributed by atoms with Crippen LogP contribution >= 0.6 is 0 Å². The van der Waals surface area contributed by atoms with Crippen molar-refractivity contribution < 1.29 is 18.7 Å². The fourth-order valence-electron chi connectivity index (χ4n) is 2.19. The van der Waals surface area contributed by atoms with E-state index in [4.69, 9.17) is 9.47 Å². The van der Waals surface area contributed by atoms with Crippen molar-refractivity contribution in [3.8, 4) is 16.9 Å². The Morgan fingerprint density at radius 2 is 2.09 bits per heavy atom. The van der Waals surface area contributed by atoms with E-state index in [0.717, 1.165) is 0 Å². The largest absolute Gasteiger partial charge is 0.497 e. The molecule has 22 heavy (non-hydrogen) atoms. The lowest BCUT2D eigenvalue weighted by Crippen LogP contribution is -2.06. The Hall–Kier alpha value is -2.96. The number of ether oxygens (including phenoxy) is 2. The average Bonchev–Trinajstić information content (AvgIpc) is 3.02.